The summed E-state index contributed by atoms with van der Waals surface area (Å²) in [6, 6.07) is 14.2. The lowest BCUT2D eigenvalue weighted by Crippen LogP contribution is -2.37. The van der Waals surface area contributed by atoms with Crippen LogP contribution in [0.4, 0.5) is 0 Å². The van der Waals surface area contributed by atoms with Gasteiger partial charge in [-0.1, -0.05) is 24.3 Å². The third kappa shape index (κ3) is 7.76. The number of nitrogens with zero attached hydrogens (tertiary/aromatic N) is 2. The molecule has 26 heavy (non-hydrogen) atoms. The number of ether oxygens (including phenoxy) is 2. The topological polar surface area (TPSA) is 67.8 Å². The molecule has 0 amide bonds. The SMILES string of the molecule is CN=C(NCCSc1ccccc1)NCc1ccc(OCCOC)nc1. The molecule has 0 fully saturated rings. The molecule has 1 aromatic heterocycles. The fraction of sp³-hybridized carbons (Fsp3) is 0.368. The summed E-state index contributed by atoms with van der Waals surface area (Å²) in [7, 11) is 3.41. The Hall–Kier alpha value is -2.25. The van der Waals surface area contributed by atoms with Crippen molar-refractivity contribution in [3.8, 4) is 5.88 Å². The fourth-order valence-electron chi connectivity index (χ4n) is 2.09. The summed E-state index contributed by atoms with van der Waals surface area (Å²) < 4.78 is 10.4. The molecule has 0 unspecified atom stereocenters. The maximum absolute atomic E-state index is 5.46. The highest BCUT2D eigenvalue weighted by Crippen LogP contribution is 2.15. The molecule has 0 aliphatic rings. The van der Waals surface area contributed by atoms with Gasteiger partial charge in [-0.05, 0) is 17.7 Å². The van der Waals surface area contributed by atoms with Crippen LogP contribution in [0, 0.1) is 0 Å². The van der Waals surface area contributed by atoms with Gasteiger partial charge in [-0.2, -0.15) is 0 Å². The number of aliphatic imine (C=N–C) groups is 1. The first kappa shape index (κ1) is 20.1. The molecule has 6 nitrogen and oxygen atoms in total. The summed E-state index contributed by atoms with van der Waals surface area (Å²) in [6.07, 6.45) is 1.80. The molecule has 0 bridgehead atoms. The van der Waals surface area contributed by atoms with Gasteiger partial charge in [-0.3, -0.25) is 4.99 Å². The third-order valence-electron chi connectivity index (χ3n) is 3.43. The molecule has 0 aliphatic heterocycles. The largest absolute Gasteiger partial charge is 0.475 e. The number of thioether (sulfide) groups is 1. The van der Waals surface area contributed by atoms with E-state index in [4.69, 9.17) is 9.47 Å². The first-order valence-corrected chi connectivity index (χ1v) is 9.49. The third-order valence-corrected chi connectivity index (χ3v) is 4.44. The van der Waals surface area contributed by atoms with E-state index in [2.05, 4.69) is 44.9 Å². The highest BCUT2D eigenvalue weighted by molar-refractivity contribution is 7.99. The number of aromatic nitrogens is 1. The van der Waals surface area contributed by atoms with Gasteiger partial charge >= 0.3 is 0 Å². The molecule has 0 aliphatic carbocycles. The zero-order valence-corrected chi connectivity index (χ0v) is 16.1. The number of methoxy groups -OCH3 is 1. The van der Waals surface area contributed by atoms with Gasteiger partial charge in [-0.15, -0.1) is 11.8 Å². The number of benzene rings is 1. The maximum Gasteiger partial charge on any atom is 0.213 e. The van der Waals surface area contributed by atoms with Gasteiger partial charge in [0.25, 0.3) is 0 Å². The zero-order valence-electron chi connectivity index (χ0n) is 15.3. The van der Waals surface area contributed by atoms with Gasteiger partial charge in [0.1, 0.15) is 6.61 Å². The molecule has 0 spiro atoms. The smallest absolute Gasteiger partial charge is 0.213 e. The monoisotopic (exact) mass is 374 g/mol. The molecule has 2 rings (SSSR count). The first-order valence-electron chi connectivity index (χ1n) is 8.51. The van der Waals surface area contributed by atoms with Crippen molar-refractivity contribution in [1.82, 2.24) is 15.6 Å². The molecule has 0 saturated carbocycles. The van der Waals surface area contributed by atoms with Crippen LogP contribution in [-0.4, -0.2) is 50.6 Å². The van der Waals surface area contributed by atoms with Crippen LogP contribution in [0.3, 0.4) is 0 Å². The van der Waals surface area contributed by atoms with Crippen LogP contribution in [0.1, 0.15) is 5.56 Å². The van der Waals surface area contributed by atoms with Crippen molar-refractivity contribution >= 4 is 17.7 Å². The molecule has 2 N–H and O–H groups in total. The lowest BCUT2D eigenvalue weighted by atomic mass is 10.3. The maximum atomic E-state index is 5.46. The molecule has 1 aromatic carbocycles. The molecule has 140 valence electrons. The lowest BCUT2D eigenvalue weighted by Gasteiger charge is -2.12. The minimum Gasteiger partial charge on any atom is -0.475 e. The molecule has 7 heteroatoms. The summed E-state index contributed by atoms with van der Waals surface area (Å²) in [4.78, 5) is 9.80. The number of nitrogens with one attached hydrogen (secondary N) is 2. The van der Waals surface area contributed by atoms with Crippen molar-refractivity contribution in [2.24, 2.45) is 4.99 Å². The molecule has 0 radical (unpaired) electrons. The normalized spacial score (nSPS) is 11.2. The van der Waals surface area contributed by atoms with E-state index in [1.165, 1.54) is 4.90 Å². The molecular formula is C19H26N4O2S. The minimum atomic E-state index is 0.499. The van der Waals surface area contributed by atoms with Crippen molar-refractivity contribution in [2.75, 3.05) is 39.7 Å². The molecule has 0 saturated heterocycles. The summed E-state index contributed by atoms with van der Waals surface area (Å²) in [6.45, 7) is 2.54. The molecule has 2 aromatic rings. The predicted octanol–water partition coefficient (Wildman–Crippen LogP) is 2.56. The Balaban J connectivity index is 1.66. The number of rotatable bonds is 10. The van der Waals surface area contributed by atoms with Crippen LogP contribution in [-0.2, 0) is 11.3 Å². The van der Waals surface area contributed by atoms with E-state index < -0.39 is 0 Å². The highest BCUT2D eigenvalue weighted by Gasteiger charge is 2.01. The van der Waals surface area contributed by atoms with Crippen LogP contribution in [0.5, 0.6) is 5.88 Å². The van der Waals surface area contributed by atoms with Crippen LogP contribution in [0.25, 0.3) is 0 Å². The Labute approximate surface area is 159 Å². The van der Waals surface area contributed by atoms with Crippen molar-refractivity contribution in [1.29, 1.82) is 0 Å². The van der Waals surface area contributed by atoms with E-state index in [0.29, 0.717) is 25.6 Å². The van der Waals surface area contributed by atoms with Crippen molar-refractivity contribution in [3.63, 3.8) is 0 Å². The van der Waals surface area contributed by atoms with Gasteiger partial charge in [0.2, 0.25) is 5.88 Å². The Morgan fingerprint density at radius 2 is 1.96 bits per heavy atom. The van der Waals surface area contributed by atoms with E-state index >= 15 is 0 Å². The minimum absolute atomic E-state index is 0.499. The van der Waals surface area contributed by atoms with Gasteiger partial charge in [-0.25, -0.2) is 4.98 Å². The Bertz CT molecular complexity index is 650. The van der Waals surface area contributed by atoms with Crippen LogP contribution in [0.15, 0.2) is 58.5 Å². The Kier molecular flexibility index (Phi) is 9.38. The Morgan fingerprint density at radius 3 is 2.65 bits per heavy atom. The van der Waals surface area contributed by atoms with Gasteiger partial charge in [0, 0.05) is 50.2 Å². The summed E-state index contributed by atoms with van der Waals surface area (Å²) in [5.74, 6) is 2.35. The molecule has 1 heterocycles. The summed E-state index contributed by atoms with van der Waals surface area (Å²) in [5, 5.41) is 6.60. The van der Waals surface area contributed by atoms with E-state index in [0.717, 1.165) is 23.8 Å². The van der Waals surface area contributed by atoms with Crippen LogP contribution >= 0.6 is 11.8 Å². The highest BCUT2D eigenvalue weighted by atomic mass is 32.2. The number of hydrogen-bond donors (Lipinski definition) is 2. The molecule has 0 atom stereocenters. The molecular weight excluding hydrogens is 348 g/mol. The van der Waals surface area contributed by atoms with Crippen LogP contribution < -0.4 is 15.4 Å². The number of pyridine rings is 1. The number of hydrogen-bond acceptors (Lipinski definition) is 5. The van der Waals surface area contributed by atoms with E-state index in [1.54, 1.807) is 20.4 Å². The second-order valence-electron chi connectivity index (χ2n) is 5.36. The summed E-state index contributed by atoms with van der Waals surface area (Å²) in [5.41, 5.74) is 1.06. The van der Waals surface area contributed by atoms with Crippen molar-refractivity contribution in [3.05, 3.63) is 54.2 Å². The van der Waals surface area contributed by atoms with Crippen molar-refractivity contribution < 1.29 is 9.47 Å². The van der Waals surface area contributed by atoms with Gasteiger partial charge in [0.05, 0.1) is 6.61 Å². The predicted molar refractivity (Wildman–Crippen MR) is 107 cm³/mol. The number of guanidine groups is 1. The Morgan fingerprint density at radius 1 is 1.12 bits per heavy atom. The first-order chi connectivity index (χ1) is 12.8. The quantitative estimate of drug-likeness (QED) is 0.288. The second kappa shape index (κ2) is 12.2. The van der Waals surface area contributed by atoms with Crippen LogP contribution in [0.2, 0.25) is 0 Å². The van der Waals surface area contributed by atoms with E-state index in [-0.39, 0.29) is 0 Å². The average molecular weight is 375 g/mol. The summed E-state index contributed by atoms with van der Waals surface area (Å²) >= 11 is 1.82. The zero-order chi connectivity index (χ0) is 18.5. The fourth-order valence-corrected chi connectivity index (χ4v) is 2.88. The second-order valence-corrected chi connectivity index (χ2v) is 6.53. The van der Waals surface area contributed by atoms with E-state index in [9.17, 15) is 0 Å². The van der Waals surface area contributed by atoms with E-state index in [1.807, 2.05) is 30.0 Å². The van der Waals surface area contributed by atoms with Gasteiger partial charge < -0.3 is 20.1 Å². The lowest BCUT2D eigenvalue weighted by molar-refractivity contribution is 0.143. The van der Waals surface area contributed by atoms with Gasteiger partial charge in [0.15, 0.2) is 5.96 Å². The average Bonchev–Trinajstić information content (AvgIpc) is 2.69. The van der Waals surface area contributed by atoms with Crippen molar-refractivity contribution in [2.45, 2.75) is 11.4 Å². The standard InChI is InChI=1S/C19H26N4O2S/c1-20-19(21-10-13-26-17-6-4-3-5-7-17)23-15-16-8-9-18(22-14-16)25-12-11-24-2/h3-9,14H,10-13,15H2,1-2H3,(H2,20,21,23).